The monoisotopic (exact) mass is 616 g/mol. The van der Waals surface area contributed by atoms with E-state index < -0.39 is 24.8 Å². The van der Waals surface area contributed by atoms with Crippen LogP contribution in [0.4, 0.5) is 26.3 Å². The molecule has 36 heavy (non-hydrogen) atoms. The molecule has 1 unspecified atom stereocenters. The van der Waals surface area contributed by atoms with E-state index in [1.807, 2.05) is 0 Å². The number of aryl methyl sites for hydroxylation is 1. The van der Waals surface area contributed by atoms with Gasteiger partial charge in [0.2, 0.25) is 0 Å². The lowest BCUT2D eigenvalue weighted by atomic mass is 9.95. The van der Waals surface area contributed by atoms with Crippen molar-refractivity contribution in [2.24, 2.45) is 0 Å². The minimum absolute atomic E-state index is 0.0270. The van der Waals surface area contributed by atoms with Crippen LogP contribution in [-0.2, 0) is 0 Å². The number of carbonyl (C=O) groups is 1. The van der Waals surface area contributed by atoms with Crippen LogP contribution < -0.4 is 0 Å². The minimum Gasteiger partial charge on any atom is -0.336 e. The second-order valence-corrected chi connectivity index (χ2v) is 10.1. The van der Waals surface area contributed by atoms with E-state index in [1.165, 1.54) is 46.2 Å². The standard InChI is InChI=1S/C24H21BrCl2F6N2O/c1-14-10-16(12-20(26)21(14)27)18(24(31,32)33)5-3-15-2-4-17(19(25)11-15)22(36)35-8-6-34(7-9-35)13-23(28,29)30/h2-5,10-12,18H,6-9,13H2,1H3/b5-3+. The molecule has 3 rings (SSSR count). The molecule has 0 N–H and O–H groups in total. The average Bonchev–Trinajstić information content (AvgIpc) is 2.75. The first-order chi connectivity index (χ1) is 16.7. The smallest absolute Gasteiger partial charge is 0.336 e. The maximum Gasteiger partial charge on any atom is 0.401 e. The largest absolute Gasteiger partial charge is 0.401 e. The van der Waals surface area contributed by atoms with Gasteiger partial charge >= 0.3 is 12.4 Å². The van der Waals surface area contributed by atoms with Crippen LogP contribution in [0.25, 0.3) is 6.08 Å². The van der Waals surface area contributed by atoms with E-state index in [2.05, 4.69) is 15.9 Å². The molecule has 2 aromatic carbocycles. The molecular formula is C24H21BrCl2F6N2O. The fraction of sp³-hybridized carbons (Fsp3) is 0.375. The van der Waals surface area contributed by atoms with E-state index in [-0.39, 0.29) is 53.3 Å². The predicted molar refractivity (Wildman–Crippen MR) is 132 cm³/mol. The summed E-state index contributed by atoms with van der Waals surface area (Å²) in [5, 5.41) is 0.218. The van der Waals surface area contributed by atoms with Gasteiger partial charge in [0.25, 0.3) is 5.91 Å². The molecule has 2 aromatic rings. The summed E-state index contributed by atoms with van der Waals surface area (Å²) in [7, 11) is 0. The maximum atomic E-state index is 13.8. The number of allylic oxidation sites excluding steroid dienone is 1. The number of carbonyl (C=O) groups excluding carboxylic acids is 1. The first-order valence-corrected chi connectivity index (χ1v) is 12.3. The SMILES string of the molecule is Cc1cc(C(/C=C/c2ccc(C(=O)N3CCN(CC(F)(F)F)CC3)c(Br)c2)C(F)(F)F)cc(Cl)c1Cl. The van der Waals surface area contributed by atoms with Crippen LogP contribution in [-0.4, -0.2) is 60.8 Å². The molecule has 1 aliphatic heterocycles. The minimum atomic E-state index is -4.58. The Morgan fingerprint density at radius 1 is 1.06 bits per heavy atom. The lowest BCUT2D eigenvalue weighted by Crippen LogP contribution is -2.50. The number of benzene rings is 2. The van der Waals surface area contributed by atoms with Gasteiger partial charge in [0.1, 0.15) is 0 Å². The summed E-state index contributed by atoms with van der Waals surface area (Å²) >= 11 is 15.2. The molecule has 12 heteroatoms. The van der Waals surface area contributed by atoms with Crippen molar-refractivity contribution in [3.63, 3.8) is 0 Å². The Bertz CT molecular complexity index is 1120. The van der Waals surface area contributed by atoms with E-state index in [0.717, 1.165) is 6.08 Å². The van der Waals surface area contributed by atoms with Crippen molar-refractivity contribution in [2.45, 2.75) is 25.2 Å². The second kappa shape index (κ2) is 11.3. The summed E-state index contributed by atoms with van der Waals surface area (Å²) in [5.74, 6) is -2.30. The van der Waals surface area contributed by atoms with E-state index >= 15 is 0 Å². The molecule has 1 amide bonds. The molecule has 1 aliphatic rings. The molecule has 0 radical (unpaired) electrons. The fourth-order valence-corrected chi connectivity index (χ4v) is 4.84. The quantitative estimate of drug-likeness (QED) is 0.320. The lowest BCUT2D eigenvalue weighted by Gasteiger charge is -2.35. The van der Waals surface area contributed by atoms with Crippen LogP contribution in [0.2, 0.25) is 10.0 Å². The number of piperazine rings is 1. The number of hydrogen-bond donors (Lipinski definition) is 0. The van der Waals surface area contributed by atoms with Crippen molar-refractivity contribution >= 4 is 51.1 Å². The maximum absolute atomic E-state index is 13.8. The van der Waals surface area contributed by atoms with Gasteiger partial charge in [0.15, 0.2) is 0 Å². The molecule has 0 spiro atoms. The van der Waals surface area contributed by atoms with Crippen LogP contribution in [0.3, 0.4) is 0 Å². The molecular weight excluding hydrogens is 597 g/mol. The van der Waals surface area contributed by atoms with Crippen molar-refractivity contribution in [3.8, 4) is 0 Å². The van der Waals surface area contributed by atoms with Gasteiger partial charge in [-0.1, -0.05) is 47.5 Å². The number of nitrogens with zero attached hydrogens (tertiary/aromatic N) is 2. The van der Waals surface area contributed by atoms with Crippen LogP contribution in [0.15, 0.2) is 40.9 Å². The summed E-state index contributed by atoms with van der Waals surface area (Å²) in [6.07, 6.45) is -6.59. The zero-order chi connectivity index (χ0) is 26.8. The van der Waals surface area contributed by atoms with Gasteiger partial charge in [-0.15, -0.1) is 0 Å². The highest BCUT2D eigenvalue weighted by molar-refractivity contribution is 9.10. The Balaban J connectivity index is 1.75. The van der Waals surface area contributed by atoms with Gasteiger partial charge in [0, 0.05) is 30.7 Å². The van der Waals surface area contributed by atoms with Gasteiger partial charge in [-0.2, -0.15) is 26.3 Å². The molecule has 0 aromatic heterocycles. The van der Waals surface area contributed by atoms with Gasteiger partial charge < -0.3 is 4.90 Å². The Morgan fingerprint density at radius 2 is 1.69 bits per heavy atom. The predicted octanol–water partition coefficient (Wildman–Crippen LogP) is 7.74. The molecule has 0 saturated carbocycles. The molecule has 0 bridgehead atoms. The molecule has 1 heterocycles. The Morgan fingerprint density at radius 3 is 2.22 bits per heavy atom. The number of amides is 1. The van der Waals surface area contributed by atoms with E-state index in [1.54, 1.807) is 6.92 Å². The Labute approximate surface area is 222 Å². The highest BCUT2D eigenvalue weighted by Crippen LogP contribution is 2.39. The van der Waals surface area contributed by atoms with Crippen LogP contribution in [0.1, 0.15) is 33.0 Å². The summed E-state index contributed by atoms with van der Waals surface area (Å²) in [6.45, 7) is 1.00. The van der Waals surface area contributed by atoms with Crippen LogP contribution in [0.5, 0.6) is 0 Å². The van der Waals surface area contributed by atoms with Crippen molar-refractivity contribution in [1.82, 2.24) is 9.80 Å². The summed E-state index contributed by atoms with van der Waals surface area (Å²) in [4.78, 5) is 15.6. The lowest BCUT2D eigenvalue weighted by molar-refractivity contribution is -0.148. The van der Waals surface area contributed by atoms with Crippen molar-refractivity contribution in [2.75, 3.05) is 32.7 Å². The number of rotatable bonds is 5. The van der Waals surface area contributed by atoms with Gasteiger partial charge in [-0.3, -0.25) is 9.69 Å². The highest BCUT2D eigenvalue weighted by Gasteiger charge is 2.39. The van der Waals surface area contributed by atoms with Crippen LogP contribution >= 0.6 is 39.1 Å². The average molecular weight is 618 g/mol. The van der Waals surface area contributed by atoms with Crippen molar-refractivity contribution in [3.05, 3.63) is 73.2 Å². The Hall–Kier alpha value is -1.75. The van der Waals surface area contributed by atoms with Crippen molar-refractivity contribution in [1.29, 1.82) is 0 Å². The topological polar surface area (TPSA) is 23.6 Å². The number of halogens is 9. The molecule has 196 valence electrons. The molecule has 3 nitrogen and oxygen atoms in total. The summed E-state index contributed by atoms with van der Waals surface area (Å²) < 4.78 is 79.5. The Kier molecular flexibility index (Phi) is 9.07. The number of alkyl halides is 6. The van der Waals surface area contributed by atoms with E-state index in [0.29, 0.717) is 15.6 Å². The third kappa shape index (κ3) is 7.40. The molecule has 1 atom stereocenters. The third-order valence-corrected chi connectivity index (χ3v) is 7.26. The third-order valence-electron chi connectivity index (χ3n) is 5.71. The molecule has 0 aliphatic carbocycles. The van der Waals surface area contributed by atoms with Crippen molar-refractivity contribution < 1.29 is 31.1 Å². The zero-order valence-corrected chi connectivity index (χ0v) is 22.0. The summed E-state index contributed by atoms with van der Waals surface area (Å²) in [5.41, 5.74) is 1.05. The second-order valence-electron chi connectivity index (χ2n) is 8.43. The van der Waals surface area contributed by atoms with Gasteiger partial charge in [-0.05, 0) is 57.7 Å². The number of hydrogen-bond acceptors (Lipinski definition) is 2. The van der Waals surface area contributed by atoms with E-state index in [4.69, 9.17) is 23.2 Å². The fourth-order valence-electron chi connectivity index (χ4n) is 3.89. The zero-order valence-electron chi connectivity index (χ0n) is 18.9. The molecule has 1 saturated heterocycles. The van der Waals surface area contributed by atoms with Gasteiger partial charge in [0.05, 0.1) is 28.1 Å². The summed E-state index contributed by atoms with van der Waals surface area (Å²) in [6, 6.07) is 7.01. The van der Waals surface area contributed by atoms with E-state index in [9.17, 15) is 31.1 Å². The first-order valence-electron chi connectivity index (χ1n) is 10.7. The molecule has 1 fully saturated rings. The normalized spacial score (nSPS) is 16.6. The van der Waals surface area contributed by atoms with Crippen LogP contribution in [0, 0.1) is 6.92 Å². The first kappa shape index (κ1) is 28.8. The highest BCUT2D eigenvalue weighted by atomic mass is 79.9. The van der Waals surface area contributed by atoms with Gasteiger partial charge in [-0.25, -0.2) is 0 Å².